The van der Waals surface area contributed by atoms with Crippen LogP contribution in [0.1, 0.15) is 66.7 Å². The number of Topliss-reactive ketones (excluding diaryl/α,β-unsaturated/α-hetero) is 2. The maximum atomic E-state index is 11.8. The highest BCUT2D eigenvalue weighted by Gasteiger charge is 2.14. The van der Waals surface area contributed by atoms with Gasteiger partial charge in [0.1, 0.15) is 0 Å². The molecular formula is C23H25NO4. The second-order valence-corrected chi connectivity index (χ2v) is 7.29. The third-order valence-corrected chi connectivity index (χ3v) is 5.20. The topological polar surface area (TPSA) is 76.4 Å². The summed E-state index contributed by atoms with van der Waals surface area (Å²) in [5, 5.41) is 10.7. The number of hydrogen-bond donors (Lipinski definition) is 1. The molecule has 0 unspecified atom stereocenters. The molecule has 0 bridgehead atoms. The Morgan fingerprint density at radius 2 is 1.29 bits per heavy atom. The molecule has 1 N–H and O–H groups in total. The van der Waals surface area contributed by atoms with Crippen molar-refractivity contribution in [3.63, 3.8) is 0 Å². The Balaban J connectivity index is 1.94. The van der Waals surface area contributed by atoms with Crippen LogP contribution >= 0.6 is 0 Å². The van der Waals surface area contributed by atoms with Gasteiger partial charge in [0.2, 0.25) is 0 Å². The van der Waals surface area contributed by atoms with E-state index in [0.717, 1.165) is 47.6 Å². The number of aliphatic carboxylic acids is 1. The first kappa shape index (κ1) is 19.8. The minimum Gasteiger partial charge on any atom is -0.481 e. The Morgan fingerprint density at radius 3 is 1.75 bits per heavy atom. The lowest BCUT2D eigenvalue weighted by atomic mass is 10.0. The van der Waals surface area contributed by atoms with Gasteiger partial charge >= 0.3 is 5.97 Å². The molecule has 5 nitrogen and oxygen atoms in total. The van der Waals surface area contributed by atoms with Crippen molar-refractivity contribution in [3.8, 4) is 0 Å². The van der Waals surface area contributed by atoms with Gasteiger partial charge in [0.15, 0.2) is 11.6 Å². The van der Waals surface area contributed by atoms with Crippen molar-refractivity contribution in [2.45, 2.75) is 52.5 Å². The zero-order valence-electron chi connectivity index (χ0n) is 16.3. The van der Waals surface area contributed by atoms with Crippen molar-refractivity contribution in [2.24, 2.45) is 0 Å². The Bertz CT molecular complexity index is 990. The maximum Gasteiger partial charge on any atom is 0.303 e. The molecular weight excluding hydrogens is 354 g/mol. The highest BCUT2D eigenvalue weighted by Crippen LogP contribution is 2.31. The Kier molecular flexibility index (Phi) is 5.93. The van der Waals surface area contributed by atoms with E-state index in [0.29, 0.717) is 17.5 Å². The van der Waals surface area contributed by atoms with Crippen molar-refractivity contribution >= 4 is 39.3 Å². The van der Waals surface area contributed by atoms with Gasteiger partial charge in [-0.25, -0.2) is 0 Å². The Labute approximate surface area is 164 Å². The fraction of sp³-hybridized carbons (Fsp3) is 0.348. The predicted molar refractivity (Wildman–Crippen MR) is 110 cm³/mol. The molecule has 0 amide bonds. The van der Waals surface area contributed by atoms with Gasteiger partial charge in [-0.3, -0.25) is 14.4 Å². The van der Waals surface area contributed by atoms with Crippen LogP contribution in [0, 0.1) is 0 Å². The molecule has 0 radical (unpaired) electrons. The Hall–Kier alpha value is -2.95. The molecule has 2 aromatic carbocycles. The molecule has 0 saturated carbocycles. The van der Waals surface area contributed by atoms with E-state index in [-0.39, 0.29) is 18.0 Å². The molecule has 0 aliphatic heterocycles. The summed E-state index contributed by atoms with van der Waals surface area (Å²) in [5.74, 6) is -0.710. The highest BCUT2D eigenvalue weighted by atomic mass is 16.4. The zero-order chi connectivity index (χ0) is 20.3. The van der Waals surface area contributed by atoms with Crippen LogP contribution in [0.2, 0.25) is 0 Å². The van der Waals surface area contributed by atoms with Gasteiger partial charge in [0.25, 0.3) is 0 Å². The lowest BCUT2D eigenvalue weighted by Gasteiger charge is -2.08. The largest absolute Gasteiger partial charge is 0.481 e. The van der Waals surface area contributed by atoms with E-state index >= 15 is 0 Å². The fourth-order valence-electron chi connectivity index (χ4n) is 3.68. The molecule has 0 saturated heterocycles. The van der Waals surface area contributed by atoms with E-state index in [1.54, 1.807) is 13.8 Å². The monoisotopic (exact) mass is 379 g/mol. The predicted octanol–water partition coefficient (Wildman–Crippen LogP) is 5.23. The van der Waals surface area contributed by atoms with E-state index in [2.05, 4.69) is 4.57 Å². The maximum absolute atomic E-state index is 11.8. The SMILES string of the molecule is CC(=O)c1ccc2c(c1)c1cc(C(C)=O)ccc1n2CCCCCCC(=O)O. The van der Waals surface area contributed by atoms with Crippen molar-refractivity contribution in [1.29, 1.82) is 0 Å². The molecule has 3 aromatic rings. The van der Waals surface area contributed by atoms with E-state index in [1.807, 2.05) is 36.4 Å². The number of carbonyl (C=O) groups excluding carboxylic acids is 2. The third kappa shape index (κ3) is 4.14. The van der Waals surface area contributed by atoms with Crippen LogP contribution in [0.25, 0.3) is 21.8 Å². The highest BCUT2D eigenvalue weighted by molar-refractivity contribution is 6.12. The van der Waals surface area contributed by atoms with Crippen LogP contribution in [0.4, 0.5) is 0 Å². The van der Waals surface area contributed by atoms with Gasteiger partial charge < -0.3 is 9.67 Å². The summed E-state index contributed by atoms with van der Waals surface area (Å²) < 4.78 is 2.23. The molecule has 0 fully saturated rings. The summed E-state index contributed by atoms with van der Waals surface area (Å²) in [6.07, 6.45) is 3.73. The minimum absolute atomic E-state index is 0.0175. The van der Waals surface area contributed by atoms with E-state index in [1.165, 1.54) is 0 Å². The average molecular weight is 379 g/mol. The third-order valence-electron chi connectivity index (χ3n) is 5.20. The van der Waals surface area contributed by atoms with E-state index in [4.69, 9.17) is 5.11 Å². The fourth-order valence-corrected chi connectivity index (χ4v) is 3.68. The van der Waals surface area contributed by atoms with Gasteiger partial charge in [-0.1, -0.05) is 12.8 Å². The van der Waals surface area contributed by atoms with Crippen LogP contribution in [0.15, 0.2) is 36.4 Å². The van der Waals surface area contributed by atoms with Crippen molar-refractivity contribution < 1.29 is 19.5 Å². The second-order valence-electron chi connectivity index (χ2n) is 7.29. The molecule has 0 aliphatic rings. The first-order chi connectivity index (χ1) is 13.4. The zero-order valence-corrected chi connectivity index (χ0v) is 16.3. The lowest BCUT2D eigenvalue weighted by molar-refractivity contribution is -0.137. The standard InChI is InChI=1S/C23H25NO4/c1-15(25)17-8-10-21-19(13-17)20-14-18(16(2)26)9-11-22(20)24(21)12-6-4-3-5-7-23(27)28/h8-11,13-14H,3-7,12H2,1-2H3,(H,27,28). The van der Waals surface area contributed by atoms with Gasteiger partial charge in [-0.2, -0.15) is 0 Å². The number of rotatable bonds is 9. The molecule has 1 aromatic heterocycles. The molecule has 0 atom stereocenters. The summed E-state index contributed by atoms with van der Waals surface area (Å²) >= 11 is 0. The lowest BCUT2D eigenvalue weighted by Crippen LogP contribution is -1.99. The number of unbranched alkanes of at least 4 members (excludes halogenated alkanes) is 3. The van der Waals surface area contributed by atoms with Crippen LogP contribution in [0.5, 0.6) is 0 Å². The quantitative estimate of drug-likeness (QED) is 0.408. The number of benzene rings is 2. The summed E-state index contributed by atoms with van der Waals surface area (Å²) in [6, 6.07) is 11.5. The number of aryl methyl sites for hydroxylation is 1. The van der Waals surface area contributed by atoms with Gasteiger partial charge in [-0.05, 0) is 63.1 Å². The van der Waals surface area contributed by atoms with Crippen molar-refractivity contribution in [1.82, 2.24) is 4.57 Å². The first-order valence-electron chi connectivity index (χ1n) is 9.68. The summed E-state index contributed by atoms with van der Waals surface area (Å²) in [4.78, 5) is 34.3. The molecule has 5 heteroatoms. The van der Waals surface area contributed by atoms with Crippen LogP contribution in [-0.4, -0.2) is 27.2 Å². The molecule has 146 valence electrons. The molecule has 3 rings (SSSR count). The first-order valence-corrected chi connectivity index (χ1v) is 9.68. The van der Waals surface area contributed by atoms with Crippen LogP contribution in [0.3, 0.4) is 0 Å². The summed E-state index contributed by atoms with van der Waals surface area (Å²) in [6.45, 7) is 3.92. The van der Waals surface area contributed by atoms with Crippen LogP contribution in [-0.2, 0) is 11.3 Å². The van der Waals surface area contributed by atoms with Crippen molar-refractivity contribution in [2.75, 3.05) is 0 Å². The second kappa shape index (κ2) is 8.38. The van der Waals surface area contributed by atoms with E-state index < -0.39 is 5.97 Å². The Morgan fingerprint density at radius 1 is 0.786 bits per heavy atom. The number of carboxylic acid groups (broad SMARTS) is 1. The van der Waals surface area contributed by atoms with Gasteiger partial charge in [0, 0.05) is 45.9 Å². The molecule has 0 spiro atoms. The number of hydrogen-bond acceptors (Lipinski definition) is 3. The van der Waals surface area contributed by atoms with E-state index in [9.17, 15) is 14.4 Å². The molecule has 28 heavy (non-hydrogen) atoms. The molecule has 1 heterocycles. The number of carbonyl (C=O) groups is 3. The normalized spacial score (nSPS) is 11.2. The number of fused-ring (bicyclic) bond motifs is 3. The molecule has 0 aliphatic carbocycles. The summed E-state index contributed by atoms with van der Waals surface area (Å²) in [5.41, 5.74) is 3.42. The average Bonchev–Trinajstić information content (AvgIpc) is 2.96. The van der Waals surface area contributed by atoms with Gasteiger partial charge in [-0.15, -0.1) is 0 Å². The number of ketones is 2. The van der Waals surface area contributed by atoms with Crippen LogP contribution < -0.4 is 0 Å². The van der Waals surface area contributed by atoms with Gasteiger partial charge in [0.05, 0.1) is 0 Å². The number of carboxylic acids is 1. The number of nitrogens with zero attached hydrogens (tertiary/aromatic N) is 1. The smallest absolute Gasteiger partial charge is 0.303 e. The summed E-state index contributed by atoms with van der Waals surface area (Å²) in [7, 11) is 0. The minimum atomic E-state index is -0.745. The number of aromatic nitrogens is 1. The van der Waals surface area contributed by atoms with Crippen molar-refractivity contribution in [3.05, 3.63) is 47.5 Å².